The zero-order chi connectivity index (χ0) is 27.6. The number of rotatable bonds is 10. The molecule has 0 atom stereocenters. The molecule has 8 heteroatoms. The van der Waals surface area contributed by atoms with Crippen molar-refractivity contribution in [2.45, 2.75) is 4.90 Å². The molecule has 4 aromatic rings. The Bertz CT molecular complexity index is 1490. The van der Waals surface area contributed by atoms with Gasteiger partial charge in [0, 0.05) is 26.2 Å². The van der Waals surface area contributed by atoms with Crippen LogP contribution in [0.5, 0.6) is 5.75 Å². The predicted octanol–water partition coefficient (Wildman–Crippen LogP) is 6.84. The second kappa shape index (κ2) is 13.6. The summed E-state index contributed by atoms with van der Waals surface area (Å²) < 4.78 is 6.09. The third kappa shape index (κ3) is 8.17. The van der Waals surface area contributed by atoms with Gasteiger partial charge in [0.25, 0.3) is 11.8 Å². The molecule has 2 N–H and O–H groups in total. The lowest BCUT2D eigenvalue weighted by molar-refractivity contribution is -0.113. The van der Waals surface area contributed by atoms with Crippen LogP contribution in [0.3, 0.4) is 0 Å². The summed E-state index contributed by atoms with van der Waals surface area (Å²) in [6, 6.07) is 30.3. The minimum absolute atomic E-state index is 0.00634. The average Bonchev–Trinajstić information content (AvgIpc) is 2.97. The second-order valence-electron chi connectivity index (χ2n) is 8.35. The first-order chi connectivity index (χ1) is 18.9. The molecular formula is C31H25BrN2O4S. The van der Waals surface area contributed by atoms with E-state index in [2.05, 4.69) is 26.6 Å². The molecule has 4 rings (SSSR count). The lowest BCUT2D eigenvalue weighted by Crippen LogP contribution is -2.30. The van der Waals surface area contributed by atoms with Crippen LogP contribution >= 0.6 is 27.7 Å². The van der Waals surface area contributed by atoms with Crippen LogP contribution in [-0.4, -0.2) is 30.5 Å². The third-order valence-corrected chi connectivity index (χ3v) is 7.12. The molecule has 0 spiro atoms. The molecule has 4 aromatic carbocycles. The first-order valence-corrected chi connectivity index (χ1v) is 13.7. The zero-order valence-electron chi connectivity index (χ0n) is 21.0. The van der Waals surface area contributed by atoms with Crippen molar-refractivity contribution in [3.8, 4) is 5.75 Å². The Morgan fingerprint density at radius 2 is 1.54 bits per heavy atom. The first-order valence-electron chi connectivity index (χ1n) is 12.0. The molecule has 196 valence electrons. The van der Waals surface area contributed by atoms with Crippen LogP contribution < -0.4 is 15.4 Å². The molecule has 2 amide bonds. The van der Waals surface area contributed by atoms with E-state index in [4.69, 9.17) is 4.74 Å². The Kier molecular flexibility index (Phi) is 9.72. The predicted molar refractivity (Wildman–Crippen MR) is 159 cm³/mol. The molecule has 0 aromatic heterocycles. The number of thioether (sulfide) groups is 1. The minimum Gasteiger partial charge on any atom is -0.497 e. The van der Waals surface area contributed by atoms with E-state index in [9.17, 15) is 14.4 Å². The fourth-order valence-electron chi connectivity index (χ4n) is 3.53. The highest BCUT2D eigenvalue weighted by Crippen LogP contribution is 2.23. The number of carbonyl (C=O) groups is 3. The Balaban J connectivity index is 1.43. The van der Waals surface area contributed by atoms with Crippen LogP contribution in [0.4, 0.5) is 5.69 Å². The van der Waals surface area contributed by atoms with Crippen LogP contribution in [-0.2, 0) is 4.79 Å². The number of hydrogen-bond acceptors (Lipinski definition) is 5. The number of carbonyl (C=O) groups excluding carboxylic acids is 3. The molecule has 6 nitrogen and oxygen atoms in total. The van der Waals surface area contributed by atoms with Crippen LogP contribution in [0.15, 0.2) is 118 Å². The molecule has 0 aliphatic carbocycles. The zero-order valence-corrected chi connectivity index (χ0v) is 23.4. The molecular weight excluding hydrogens is 576 g/mol. The summed E-state index contributed by atoms with van der Waals surface area (Å²) in [7, 11) is 1.56. The normalized spacial score (nSPS) is 11.0. The van der Waals surface area contributed by atoms with Gasteiger partial charge in [-0.25, -0.2) is 0 Å². The van der Waals surface area contributed by atoms with E-state index >= 15 is 0 Å². The lowest BCUT2D eigenvalue weighted by Gasteiger charge is -2.12. The van der Waals surface area contributed by atoms with E-state index in [1.54, 1.807) is 73.8 Å². The van der Waals surface area contributed by atoms with E-state index in [1.807, 2.05) is 42.5 Å². The third-order valence-electron chi connectivity index (χ3n) is 5.58. The monoisotopic (exact) mass is 600 g/mol. The summed E-state index contributed by atoms with van der Waals surface area (Å²) in [5.74, 6) is 0.0507. The van der Waals surface area contributed by atoms with Gasteiger partial charge in [-0.3, -0.25) is 14.4 Å². The summed E-state index contributed by atoms with van der Waals surface area (Å²) in [6.07, 6.45) is 1.62. The molecule has 0 heterocycles. The number of nitrogens with one attached hydrogen (secondary N) is 2. The molecule has 0 radical (unpaired) electrons. The smallest absolute Gasteiger partial charge is 0.272 e. The van der Waals surface area contributed by atoms with Gasteiger partial charge in [-0.2, -0.15) is 0 Å². The first kappa shape index (κ1) is 27.9. The highest BCUT2D eigenvalue weighted by atomic mass is 79.9. The van der Waals surface area contributed by atoms with E-state index in [0.717, 1.165) is 14.9 Å². The summed E-state index contributed by atoms with van der Waals surface area (Å²) in [6.45, 7) is 0. The fraction of sp³-hybridized carbons (Fsp3) is 0.0645. The van der Waals surface area contributed by atoms with Crippen molar-refractivity contribution in [3.05, 3.63) is 130 Å². The molecule has 0 fully saturated rings. The second-order valence-corrected chi connectivity index (χ2v) is 10.3. The van der Waals surface area contributed by atoms with Crippen molar-refractivity contribution in [3.63, 3.8) is 0 Å². The number of ketones is 1. The Morgan fingerprint density at radius 3 is 2.23 bits per heavy atom. The average molecular weight is 602 g/mol. The van der Waals surface area contributed by atoms with Gasteiger partial charge in [0.2, 0.25) is 0 Å². The molecule has 0 unspecified atom stereocenters. The van der Waals surface area contributed by atoms with Crippen molar-refractivity contribution in [1.82, 2.24) is 5.32 Å². The Labute approximate surface area is 239 Å². The van der Waals surface area contributed by atoms with Gasteiger partial charge < -0.3 is 15.4 Å². The molecule has 0 bridgehead atoms. The van der Waals surface area contributed by atoms with E-state index in [1.165, 1.54) is 11.8 Å². The van der Waals surface area contributed by atoms with Crippen LogP contribution in [0.25, 0.3) is 6.08 Å². The number of anilines is 1. The number of amides is 2. The van der Waals surface area contributed by atoms with Crippen molar-refractivity contribution in [2.24, 2.45) is 0 Å². The van der Waals surface area contributed by atoms with Crippen LogP contribution in [0.2, 0.25) is 0 Å². The van der Waals surface area contributed by atoms with E-state index in [-0.39, 0.29) is 23.1 Å². The SMILES string of the molecule is COc1cccc(C(=O)CSc2ccc(NC(=O)/C(=C/c3ccc(Br)cc3)NC(=O)c3ccccc3)cc2)c1. The standard InChI is InChI=1S/C31H25BrN2O4S/c1-38-26-9-5-8-23(19-26)29(35)20-39-27-16-14-25(15-17-27)33-31(37)28(18-21-10-12-24(32)13-11-21)34-30(36)22-6-3-2-4-7-22/h2-19H,20H2,1H3,(H,33,37)(H,34,36)/b28-18-. The van der Waals surface area contributed by atoms with Crippen molar-refractivity contribution < 1.29 is 19.1 Å². The Hall–Kier alpha value is -4.14. The molecule has 0 aliphatic rings. The molecule has 39 heavy (non-hydrogen) atoms. The largest absolute Gasteiger partial charge is 0.497 e. The number of hydrogen-bond donors (Lipinski definition) is 2. The number of ether oxygens (including phenoxy) is 1. The van der Waals surface area contributed by atoms with E-state index in [0.29, 0.717) is 22.6 Å². The maximum absolute atomic E-state index is 13.2. The van der Waals surface area contributed by atoms with Gasteiger partial charge >= 0.3 is 0 Å². The maximum atomic E-state index is 13.2. The van der Waals surface area contributed by atoms with Gasteiger partial charge in [-0.1, -0.05) is 58.4 Å². The summed E-state index contributed by atoms with van der Waals surface area (Å²) in [5.41, 5.74) is 2.45. The van der Waals surface area contributed by atoms with Crippen LogP contribution in [0, 0.1) is 0 Å². The topological polar surface area (TPSA) is 84.5 Å². The van der Waals surface area contributed by atoms with Crippen LogP contribution in [0.1, 0.15) is 26.3 Å². The maximum Gasteiger partial charge on any atom is 0.272 e. The van der Waals surface area contributed by atoms with Gasteiger partial charge in [0.05, 0.1) is 12.9 Å². The summed E-state index contributed by atoms with van der Waals surface area (Å²) in [4.78, 5) is 39.4. The highest BCUT2D eigenvalue weighted by molar-refractivity contribution is 9.10. The number of Topliss-reactive ketones (excluding diaryl/α,β-unsaturated/α-hetero) is 1. The van der Waals surface area contributed by atoms with E-state index < -0.39 is 5.91 Å². The highest BCUT2D eigenvalue weighted by Gasteiger charge is 2.15. The van der Waals surface area contributed by atoms with Gasteiger partial charge in [-0.15, -0.1) is 11.8 Å². The molecule has 0 saturated heterocycles. The number of benzene rings is 4. The quantitative estimate of drug-likeness (QED) is 0.118. The summed E-state index contributed by atoms with van der Waals surface area (Å²) in [5, 5.41) is 5.57. The van der Waals surface area contributed by atoms with Gasteiger partial charge in [-0.05, 0) is 72.3 Å². The summed E-state index contributed by atoms with van der Waals surface area (Å²) >= 11 is 4.81. The molecule has 0 aliphatic heterocycles. The van der Waals surface area contributed by atoms with Gasteiger partial charge in [0.1, 0.15) is 11.4 Å². The molecule has 0 saturated carbocycles. The lowest BCUT2D eigenvalue weighted by atomic mass is 10.1. The van der Waals surface area contributed by atoms with Crippen molar-refractivity contribution >= 4 is 57.1 Å². The fourth-order valence-corrected chi connectivity index (χ4v) is 4.59. The minimum atomic E-state index is -0.462. The van der Waals surface area contributed by atoms with Crippen molar-refractivity contribution in [2.75, 3.05) is 18.2 Å². The number of methoxy groups -OCH3 is 1. The Morgan fingerprint density at radius 1 is 0.846 bits per heavy atom. The van der Waals surface area contributed by atoms with Crippen molar-refractivity contribution in [1.29, 1.82) is 0 Å². The number of halogens is 1. The van der Waals surface area contributed by atoms with Gasteiger partial charge in [0.15, 0.2) is 5.78 Å².